The van der Waals surface area contributed by atoms with E-state index >= 15 is 0 Å². The number of hydrogen-bond donors (Lipinski definition) is 4. The van der Waals surface area contributed by atoms with Crippen molar-refractivity contribution in [2.45, 2.75) is 38.3 Å². The van der Waals surface area contributed by atoms with E-state index in [9.17, 15) is 14.4 Å². The van der Waals surface area contributed by atoms with E-state index in [4.69, 9.17) is 15.2 Å². The number of anilines is 1. The number of hydrogen-bond acceptors (Lipinski definition) is 8. The number of methoxy groups -OCH3 is 1. The van der Waals surface area contributed by atoms with Crippen LogP contribution in [0.25, 0.3) is 32.5 Å². The Morgan fingerprint density at radius 1 is 0.959 bits per heavy atom. The standard InChI is InChI=1S/C26H33N5O5S.C12H8/c1-35-21-7-4-18(24-23(21)30-26(34)37-24)8-12-28-16-17-2-5-19(6-3-17)29-22(32)11-15-31-13-9-20(10-14-31)36-25(27)33;1-2-4-9(5-3-1)11-7-6-10-8-12(10)11/h2-7,20,28H,8-16H2,1H3,(H2,27,33)(H,29,32)(H,30,34);1-8H. The molecule has 2 amide bonds. The molecule has 2 heterocycles. The van der Waals surface area contributed by atoms with Crippen molar-refractivity contribution in [2.75, 3.05) is 38.6 Å². The monoisotopic (exact) mass is 679 g/mol. The third-order valence-electron chi connectivity index (χ3n) is 8.79. The fourth-order valence-electron chi connectivity index (χ4n) is 6.11. The molecule has 0 radical (unpaired) electrons. The average Bonchev–Trinajstić information content (AvgIpc) is 3.57. The number of thiazole rings is 1. The van der Waals surface area contributed by atoms with E-state index in [-0.39, 0.29) is 16.9 Å². The van der Waals surface area contributed by atoms with Crippen LogP contribution in [0.4, 0.5) is 10.5 Å². The third-order valence-corrected chi connectivity index (χ3v) is 9.74. The maximum Gasteiger partial charge on any atom is 0.404 e. The Hall–Kier alpha value is -4.97. The fraction of sp³-hybridized carbons (Fsp3) is 0.289. The van der Waals surface area contributed by atoms with E-state index in [0.29, 0.717) is 25.3 Å². The number of piperidine rings is 1. The van der Waals surface area contributed by atoms with Crippen molar-refractivity contribution in [3.8, 4) is 28.0 Å². The third kappa shape index (κ3) is 9.14. The second kappa shape index (κ2) is 16.0. The van der Waals surface area contributed by atoms with Crippen LogP contribution in [0.15, 0.2) is 89.7 Å². The lowest BCUT2D eigenvalue weighted by Gasteiger charge is -2.30. The van der Waals surface area contributed by atoms with Gasteiger partial charge in [-0.25, -0.2) is 4.79 Å². The topological polar surface area (TPSA) is 139 Å². The quantitative estimate of drug-likeness (QED) is 0.114. The van der Waals surface area contributed by atoms with Gasteiger partial charge in [0.25, 0.3) is 0 Å². The number of benzene rings is 4. The number of ether oxygens (including phenoxy) is 2. The van der Waals surface area contributed by atoms with Crippen LogP contribution in [0.5, 0.6) is 5.75 Å². The molecule has 3 aromatic carbocycles. The number of carbonyl (C=O) groups is 2. The summed E-state index contributed by atoms with van der Waals surface area (Å²) in [5.74, 6) is 0.647. The minimum atomic E-state index is -0.730. The first-order valence-electron chi connectivity index (χ1n) is 16.5. The van der Waals surface area contributed by atoms with Gasteiger partial charge in [-0.3, -0.25) is 9.59 Å². The van der Waals surface area contributed by atoms with Gasteiger partial charge in [0.05, 0.1) is 11.8 Å². The SMILES string of the molecule is COc1ccc(CCNCc2ccc(NC(=O)CCN3CCC(OC(N)=O)CC3)cc2)c2sc(=O)[nH]c12.c1ccc(-c2ccc3cc2-3)cc1. The van der Waals surface area contributed by atoms with Gasteiger partial charge in [0.15, 0.2) is 0 Å². The highest BCUT2D eigenvalue weighted by Crippen LogP contribution is 2.43. The normalized spacial score (nSPS) is 13.7. The summed E-state index contributed by atoms with van der Waals surface area (Å²) in [7, 11) is 1.60. The molecule has 10 nitrogen and oxygen atoms in total. The summed E-state index contributed by atoms with van der Waals surface area (Å²) in [5.41, 5.74) is 14.4. The maximum absolute atomic E-state index is 12.4. The summed E-state index contributed by atoms with van der Waals surface area (Å²) in [6, 6.07) is 28.8. The minimum absolute atomic E-state index is 0.0285. The molecule has 49 heavy (non-hydrogen) atoms. The number of carbonyl (C=O) groups excluding carboxylic acids is 2. The summed E-state index contributed by atoms with van der Waals surface area (Å²) < 4.78 is 11.3. The zero-order chi connectivity index (χ0) is 34.2. The fourth-order valence-corrected chi connectivity index (χ4v) is 7.01. The van der Waals surface area contributed by atoms with Crippen LogP contribution in [-0.4, -0.2) is 61.3 Å². The van der Waals surface area contributed by atoms with Crippen LogP contribution < -0.4 is 26.0 Å². The lowest BCUT2D eigenvalue weighted by atomic mass is 10.1. The Kier molecular flexibility index (Phi) is 11.0. The molecule has 4 aromatic rings. The second-order valence-electron chi connectivity index (χ2n) is 12.2. The Labute approximate surface area is 289 Å². The number of primary amides is 1. The van der Waals surface area contributed by atoms with Gasteiger partial charge < -0.3 is 35.7 Å². The zero-order valence-corrected chi connectivity index (χ0v) is 28.3. The molecule has 3 aliphatic rings. The Bertz CT molecular complexity index is 1950. The van der Waals surface area contributed by atoms with Crippen molar-refractivity contribution >= 4 is 39.2 Å². The lowest BCUT2D eigenvalue weighted by Crippen LogP contribution is -2.39. The maximum atomic E-state index is 12.4. The first-order chi connectivity index (χ1) is 23.9. The summed E-state index contributed by atoms with van der Waals surface area (Å²) in [6.45, 7) is 3.69. The van der Waals surface area contributed by atoms with E-state index in [1.807, 2.05) is 36.4 Å². The second-order valence-corrected chi connectivity index (χ2v) is 13.2. The molecule has 0 spiro atoms. The van der Waals surface area contributed by atoms with E-state index in [2.05, 4.69) is 69.0 Å². The number of nitrogens with zero attached hydrogens (tertiary/aromatic N) is 1. The van der Waals surface area contributed by atoms with Crippen LogP contribution in [0.2, 0.25) is 0 Å². The summed E-state index contributed by atoms with van der Waals surface area (Å²) >= 11 is 1.21. The van der Waals surface area contributed by atoms with E-state index < -0.39 is 6.09 Å². The molecular formula is C38H41N5O5S. The van der Waals surface area contributed by atoms with Gasteiger partial charge in [-0.2, -0.15) is 0 Å². The van der Waals surface area contributed by atoms with Crippen molar-refractivity contribution in [1.82, 2.24) is 15.2 Å². The highest BCUT2D eigenvalue weighted by Gasteiger charge is 2.22. The van der Waals surface area contributed by atoms with Crippen LogP contribution in [0, 0.1) is 0 Å². The average molecular weight is 680 g/mol. The van der Waals surface area contributed by atoms with Crippen molar-refractivity contribution < 1.29 is 19.1 Å². The first kappa shape index (κ1) is 33.9. The van der Waals surface area contributed by atoms with Gasteiger partial charge in [-0.05, 0) is 83.5 Å². The van der Waals surface area contributed by atoms with Crippen LogP contribution in [0.3, 0.4) is 0 Å². The molecule has 0 bridgehead atoms. The molecule has 1 fully saturated rings. The molecule has 1 aromatic heterocycles. The minimum Gasteiger partial charge on any atom is -0.495 e. The summed E-state index contributed by atoms with van der Waals surface area (Å²) in [6.07, 6.45) is 1.81. The number of nitrogens with two attached hydrogens (primary N) is 1. The smallest absolute Gasteiger partial charge is 0.404 e. The number of fused-ring (bicyclic) bond motifs is 2. The molecule has 2 aliphatic carbocycles. The van der Waals surface area contributed by atoms with Gasteiger partial charge in [-0.1, -0.05) is 72.0 Å². The molecule has 5 N–H and O–H groups in total. The molecule has 0 atom stereocenters. The van der Waals surface area contributed by atoms with Crippen LogP contribution in [0.1, 0.15) is 30.4 Å². The van der Waals surface area contributed by atoms with E-state index in [1.165, 1.54) is 33.6 Å². The largest absolute Gasteiger partial charge is 0.495 e. The molecule has 1 saturated heterocycles. The number of rotatable bonds is 12. The molecular weight excluding hydrogens is 639 g/mol. The Morgan fingerprint density at radius 3 is 2.41 bits per heavy atom. The molecule has 0 saturated carbocycles. The number of aromatic amines is 1. The van der Waals surface area contributed by atoms with E-state index in [0.717, 1.165) is 65.9 Å². The van der Waals surface area contributed by atoms with Crippen LogP contribution in [-0.2, 0) is 22.5 Å². The van der Waals surface area contributed by atoms with Gasteiger partial charge in [0.1, 0.15) is 17.4 Å². The Balaban J connectivity index is 0.000000286. The predicted octanol–water partition coefficient (Wildman–Crippen LogP) is 6.15. The Morgan fingerprint density at radius 2 is 1.73 bits per heavy atom. The van der Waals surface area contributed by atoms with Gasteiger partial charge in [0.2, 0.25) is 5.91 Å². The molecule has 1 aliphatic heterocycles. The van der Waals surface area contributed by atoms with Gasteiger partial charge >= 0.3 is 11.0 Å². The molecule has 0 unspecified atom stereocenters. The number of likely N-dealkylation sites (tertiary alicyclic amines) is 1. The first-order valence-corrected chi connectivity index (χ1v) is 17.3. The highest BCUT2D eigenvalue weighted by atomic mass is 32.1. The van der Waals surface area contributed by atoms with Gasteiger partial charge in [-0.15, -0.1) is 0 Å². The molecule has 254 valence electrons. The summed E-state index contributed by atoms with van der Waals surface area (Å²) in [5, 5.41) is 6.39. The van der Waals surface area contributed by atoms with E-state index in [1.54, 1.807) is 7.11 Å². The van der Waals surface area contributed by atoms with Crippen molar-refractivity contribution in [3.05, 3.63) is 106 Å². The predicted molar refractivity (Wildman–Crippen MR) is 195 cm³/mol. The molecule has 11 heteroatoms. The summed E-state index contributed by atoms with van der Waals surface area (Å²) in [4.78, 5) is 40.0. The highest BCUT2D eigenvalue weighted by molar-refractivity contribution is 7.16. The number of aromatic nitrogens is 1. The molecule has 7 rings (SSSR count). The van der Waals surface area contributed by atoms with Crippen molar-refractivity contribution in [2.24, 2.45) is 5.73 Å². The number of H-pyrrole nitrogens is 1. The zero-order valence-electron chi connectivity index (χ0n) is 27.5. The van der Waals surface area contributed by atoms with Gasteiger partial charge in [0, 0.05) is 38.3 Å². The van der Waals surface area contributed by atoms with Crippen LogP contribution >= 0.6 is 11.3 Å². The number of nitrogens with one attached hydrogen (secondary N) is 3. The lowest BCUT2D eigenvalue weighted by molar-refractivity contribution is -0.116. The van der Waals surface area contributed by atoms with Crippen molar-refractivity contribution in [1.29, 1.82) is 0 Å². The van der Waals surface area contributed by atoms with Crippen molar-refractivity contribution in [3.63, 3.8) is 0 Å². The number of amides is 2.